The van der Waals surface area contributed by atoms with Crippen molar-refractivity contribution in [2.24, 2.45) is 0 Å². The van der Waals surface area contributed by atoms with Crippen molar-refractivity contribution in [3.05, 3.63) is 20.8 Å². The number of thiophene rings is 1. The zero-order valence-corrected chi connectivity index (χ0v) is 13.6. The first-order chi connectivity index (χ1) is 8.79. The molecule has 1 saturated heterocycles. The molecule has 19 heavy (non-hydrogen) atoms. The van der Waals surface area contributed by atoms with E-state index in [1.54, 1.807) is 30.1 Å². The molecule has 1 aliphatic heterocycles. The van der Waals surface area contributed by atoms with Crippen molar-refractivity contribution in [2.75, 3.05) is 0 Å². The van der Waals surface area contributed by atoms with Crippen LogP contribution in [-0.4, -0.2) is 28.3 Å². The van der Waals surface area contributed by atoms with E-state index in [-0.39, 0.29) is 17.9 Å². The van der Waals surface area contributed by atoms with Crippen molar-refractivity contribution in [3.8, 4) is 0 Å². The highest BCUT2D eigenvalue weighted by atomic mass is 79.9. The topological polar surface area (TPSA) is 49.4 Å². The Bertz CT molecular complexity index is 512. The minimum atomic E-state index is -0.837. The van der Waals surface area contributed by atoms with Gasteiger partial charge in [0.25, 0.3) is 0 Å². The molecular formula is C13H17BrN2O2S. The second-order valence-corrected chi connectivity index (χ2v) is 7.30. The summed E-state index contributed by atoms with van der Waals surface area (Å²) in [6.45, 7) is 5.97. The molecule has 1 aromatic rings. The smallest absolute Gasteiger partial charge is 0.248 e. The lowest BCUT2D eigenvalue weighted by atomic mass is 10.0. The van der Waals surface area contributed by atoms with Gasteiger partial charge in [0.1, 0.15) is 5.54 Å². The maximum absolute atomic E-state index is 12.5. The van der Waals surface area contributed by atoms with E-state index >= 15 is 0 Å². The van der Waals surface area contributed by atoms with E-state index < -0.39 is 5.54 Å². The van der Waals surface area contributed by atoms with Crippen LogP contribution in [0.1, 0.15) is 32.1 Å². The summed E-state index contributed by atoms with van der Waals surface area (Å²) in [5.41, 5.74) is -0.837. The number of halogens is 1. The molecule has 0 spiro atoms. The minimum absolute atomic E-state index is 0.0321. The Kier molecular flexibility index (Phi) is 4.01. The molecule has 1 fully saturated rings. The molecule has 1 atom stereocenters. The molecule has 0 aromatic carbocycles. The summed E-state index contributed by atoms with van der Waals surface area (Å²) >= 11 is 5.02. The Hall–Kier alpha value is -0.880. The first kappa shape index (κ1) is 14.5. The zero-order valence-electron chi connectivity index (χ0n) is 11.2. The van der Waals surface area contributed by atoms with Crippen molar-refractivity contribution >= 4 is 39.1 Å². The van der Waals surface area contributed by atoms with Gasteiger partial charge in [-0.05, 0) is 42.8 Å². The minimum Gasteiger partial charge on any atom is -0.342 e. The summed E-state index contributed by atoms with van der Waals surface area (Å²) in [7, 11) is 0. The molecule has 2 heterocycles. The highest BCUT2D eigenvalue weighted by Gasteiger charge is 2.39. The van der Waals surface area contributed by atoms with E-state index in [9.17, 15) is 9.59 Å². The van der Waals surface area contributed by atoms with Gasteiger partial charge in [0.2, 0.25) is 11.8 Å². The van der Waals surface area contributed by atoms with Crippen LogP contribution in [0.5, 0.6) is 0 Å². The third kappa shape index (κ3) is 3.17. The molecule has 1 N–H and O–H groups in total. The van der Waals surface area contributed by atoms with Crippen LogP contribution in [0, 0.1) is 0 Å². The molecule has 0 bridgehead atoms. The third-order valence-corrected chi connectivity index (χ3v) is 4.89. The van der Waals surface area contributed by atoms with E-state index in [1.807, 2.05) is 18.4 Å². The summed E-state index contributed by atoms with van der Waals surface area (Å²) in [4.78, 5) is 27.2. The standard InChI is InChI=1S/C13H17BrN2O2S/c1-8-4-11(17)15-13(2,3)12(18)16(8)6-10-5-9(14)7-19-10/h5,7-8H,4,6H2,1-3H3,(H,15,17). The van der Waals surface area contributed by atoms with Gasteiger partial charge in [-0.2, -0.15) is 0 Å². The first-order valence-corrected chi connectivity index (χ1v) is 7.82. The Morgan fingerprint density at radius 3 is 2.79 bits per heavy atom. The summed E-state index contributed by atoms with van der Waals surface area (Å²) in [6.07, 6.45) is 0.349. The van der Waals surface area contributed by atoms with Crippen molar-refractivity contribution in [1.82, 2.24) is 10.2 Å². The fraction of sp³-hybridized carbons (Fsp3) is 0.538. The Morgan fingerprint density at radius 2 is 2.21 bits per heavy atom. The molecule has 1 aromatic heterocycles. The van der Waals surface area contributed by atoms with Gasteiger partial charge in [-0.25, -0.2) is 0 Å². The van der Waals surface area contributed by atoms with Gasteiger partial charge in [-0.3, -0.25) is 9.59 Å². The molecule has 4 nitrogen and oxygen atoms in total. The average molecular weight is 345 g/mol. The molecule has 0 aliphatic carbocycles. The highest BCUT2D eigenvalue weighted by Crippen LogP contribution is 2.25. The predicted molar refractivity (Wildman–Crippen MR) is 78.9 cm³/mol. The lowest BCUT2D eigenvalue weighted by molar-refractivity contribution is -0.139. The van der Waals surface area contributed by atoms with Crippen LogP contribution >= 0.6 is 27.3 Å². The van der Waals surface area contributed by atoms with Gasteiger partial charge in [-0.1, -0.05) is 0 Å². The Labute approximate surface area is 125 Å². The number of carbonyl (C=O) groups is 2. The van der Waals surface area contributed by atoms with E-state index in [4.69, 9.17) is 0 Å². The predicted octanol–water partition coefficient (Wildman–Crippen LogP) is 2.53. The van der Waals surface area contributed by atoms with Gasteiger partial charge in [0.15, 0.2) is 0 Å². The summed E-state index contributed by atoms with van der Waals surface area (Å²) in [6, 6.07) is 1.92. The highest BCUT2D eigenvalue weighted by molar-refractivity contribution is 9.10. The largest absolute Gasteiger partial charge is 0.342 e. The lowest BCUT2D eigenvalue weighted by Crippen LogP contribution is -2.53. The molecule has 2 amide bonds. The SMILES string of the molecule is CC1CC(=O)NC(C)(C)C(=O)N1Cc1cc(Br)cs1. The van der Waals surface area contributed by atoms with E-state index in [2.05, 4.69) is 21.2 Å². The number of hydrogen-bond acceptors (Lipinski definition) is 3. The number of amides is 2. The molecule has 2 rings (SSSR count). The van der Waals surface area contributed by atoms with Crippen LogP contribution in [0.25, 0.3) is 0 Å². The third-order valence-electron chi connectivity index (χ3n) is 3.21. The Balaban J connectivity index is 2.25. The molecule has 6 heteroatoms. The quantitative estimate of drug-likeness (QED) is 0.896. The van der Waals surface area contributed by atoms with Crippen LogP contribution in [-0.2, 0) is 16.1 Å². The van der Waals surface area contributed by atoms with E-state index in [1.165, 1.54) is 0 Å². The normalized spacial score (nSPS) is 23.2. The van der Waals surface area contributed by atoms with Gasteiger partial charge < -0.3 is 10.2 Å². The number of nitrogens with one attached hydrogen (secondary N) is 1. The zero-order chi connectivity index (χ0) is 14.2. The second kappa shape index (κ2) is 5.25. The van der Waals surface area contributed by atoms with Crippen LogP contribution in [0.2, 0.25) is 0 Å². The van der Waals surface area contributed by atoms with Gasteiger partial charge in [0, 0.05) is 27.2 Å². The monoisotopic (exact) mass is 344 g/mol. The number of rotatable bonds is 2. The summed E-state index contributed by atoms with van der Waals surface area (Å²) in [5, 5.41) is 4.78. The first-order valence-electron chi connectivity index (χ1n) is 6.14. The fourth-order valence-electron chi connectivity index (χ4n) is 2.22. The maximum Gasteiger partial charge on any atom is 0.248 e. The Morgan fingerprint density at radius 1 is 1.53 bits per heavy atom. The van der Waals surface area contributed by atoms with Crippen molar-refractivity contribution in [3.63, 3.8) is 0 Å². The molecule has 0 radical (unpaired) electrons. The van der Waals surface area contributed by atoms with Gasteiger partial charge in [0.05, 0.1) is 6.54 Å². The second-order valence-electron chi connectivity index (χ2n) is 5.39. The molecular weight excluding hydrogens is 328 g/mol. The molecule has 0 saturated carbocycles. The number of nitrogens with zero attached hydrogens (tertiary/aromatic N) is 1. The van der Waals surface area contributed by atoms with Gasteiger partial charge >= 0.3 is 0 Å². The van der Waals surface area contributed by atoms with Crippen molar-refractivity contribution < 1.29 is 9.59 Å². The maximum atomic E-state index is 12.5. The van der Waals surface area contributed by atoms with E-state index in [0.717, 1.165) is 9.35 Å². The van der Waals surface area contributed by atoms with Crippen LogP contribution < -0.4 is 5.32 Å². The lowest BCUT2D eigenvalue weighted by Gasteiger charge is -2.31. The number of carbonyl (C=O) groups excluding carboxylic acids is 2. The fourth-order valence-corrected chi connectivity index (χ4v) is 3.67. The van der Waals surface area contributed by atoms with Gasteiger partial charge in [-0.15, -0.1) is 11.3 Å². The molecule has 104 valence electrons. The van der Waals surface area contributed by atoms with Crippen LogP contribution in [0.15, 0.2) is 15.9 Å². The number of hydrogen-bond donors (Lipinski definition) is 1. The van der Waals surface area contributed by atoms with Crippen LogP contribution in [0.3, 0.4) is 0 Å². The average Bonchev–Trinajstić information content (AvgIpc) is 2.66. The van der Waals surface area contributed by atoms with Crippen molar-refractivity contribution in [2.45, 2.75) is 45.3 Å². The van der Waals surface area contributed by atoms with Crippen molar-refractivity contribution in [1.29, 1.82) is 0 Å². The summed E-state index contributed by atoms with van der Waals surface area (Å²) < 4.78 is 1.02. The van der Waals surface area contributed by atoms with E-state index in [0.29, 0.717) is 13.0 Å². The van der Waals surface area contributed by atoms with Crippen LogP contribution in [0.4, 0.5) is 0 Å². The molecule has 1 aliphatic rings. The molecule has 1 unspecified atom stereocenters. The summed E-state index contributed by atoms with van der Waals surface area (Å²) in [5.74, 6) is -0.101.